The van der Waals surface area contributed by atoms with Gasteiger partial charge in [0.05, 0.1) is 45.0 Å². The molecule has 9 heteroatoms. The molecule has 3 atom stereocenters. The zero-order chi connectivity index (χ0) is 21.9. The van der Waals surface area contributed by atoms with Gasteiger partial charge in [-0.2, -0.15) is 0 Å². The Labute approximate surface area is 172 Å². The van der Waals surface area contributed by atoms with Gasteiger partial charge in [-0.15, -0.1) is 0 Å². The van der Waals surface area contributed by atoms with E-state index in [1.54, 1.807) is 7.11 Å². The van der Waals surface area contributed by atoms with Crippen LogP contribution in [0, 0.1) is 5.41 Å². The van der Waals surface area contributed by atoms with Crippen LogP contribution in [-0.2, 0) is 23.8 Å². The Hall–Kier alpha value is -1.36. The van der Waals surface area contributed by atoms with Crippen LogP contribution in [0.25, 0.3) is 0 Å². The van der Waals surface area contributed by atoms with Gasteiger partial charge in [0.15, 0.2) is 0 Å². The van der Waals surface area contributed by atoms with E-state index in [4.69, 9.17) is 19.9 Å². The molecule has 1 fully saturated rings. The van der Waals surface area contributed by atoms with Gasteiger partial charge in [-0.25, -0.2) is 0 Å². The lowest BCUT2D eigenvalue weighted by atomic mass is 9.88. The van der Waals surface area contributed by atoms with Crippen molar-refractivity contribution in [2.75, 3.05) is 53.2 Å². The van der Waals surface area contributed by atoms with E-state index in [1.165, 1.54) is 0 Å². The molecule has 0 radical (unpaired) electrons. The number of imide groups is 1. The maximum atomic E-state index is 11.8. The maximum absolute atomic E-state index is 11.8. The fourth-order valence-corrected chi connectivity index (χ4v) is 3.02. The number of likely N-dealkylation sites (tertiary alicyclic amines) is 1. The van der Waals surface area contributed by atoms with Gasteiger partial charge in [-0.05, 0) is 19.3 Å². The van der Waals surface area contributed by atoms with Crippen molar-refractivity contribution in [1.29, 1.82) is 0 Å². The van der Waals surface area contributed by atoms with Crippen LogP contribution in [0.15, 0.2) is 12.2 Å². The van der Waals surface area contributed by atoms with E-state index >= 15 is 0 Å². The average Bonchev–Trinajstić information content (AvgIpc) is 2.94. The normalized spacial score (nSPS) is 18.9. The molecule has 168 valence electrons. The Morgan fingerprint density at radius 1 is 1.14 bits per heavy atom. The second-order valence-corrected chi connectivity index (χ2v) is 7.60. The Morgan fingerprint density at radius 2 is 1.72 bits per heavy atom. The summed E-state index contributed by atoms with van der Waals surface area (Å²) in [4.78, 5) is 24.6. The molecular weight excluding hydrogens is 380 g/mol. The van der Waals surface area contributed by atoms with E-state index < -0.39 is 18.1 Å². The molecule has 0 saturated carbocycles. The molecule has 0 aromatic carbocycles. The highest BCUT2D eigenvalue weighted by Gasteiger charge is 2.34. The number of methoxy groups -OCH3 is 1. The SMILES string of the molecule is C=C1CC(=O)N(CC(O)CCOCC(CC)(COC)COCCC(O)CN)C1=O. The van der Waals surface area contributed by atoms with Crippen LogP contribution >= 0.6 is 0 Å². The van der Waals surface area contributed by atoms with E-state index in [1.807, 2.05) is 6.92 Å². The first kappa shape index (κ1) is 25.7. The zero-order valence-corrected chi connectivity index (χ0v) is 17.6. The smallest absolute Gasteiger partial charge is 0.256 e. The second kappa shape index (κ2) is 13.0. The fourth-order valence-electron chi connectivity index (χ4n) is 3.02. The van der Waals surface area contributed by atoms with Crippen molar-refractivity contribution in [2.45, 2.75) is 44.8 Å². The molecule has 29 heavy (non-hydrogen) atoms. The second-order valence-electron chi connectivity index (χ2n) is 7.60. The van der Waals surface area contributed by atoms with Crippen LogP contribution < -0.4 is 5.73 Å². The summed E-state index contributed by atoms with van der Waals surface area (Å²) in [5.74, 6) is -0.751. The Kier molecular flexibility index (Phi) is 11.6. The summed E-state index contributed by atoms with van der Waals surface area (Å²) in [6.45, 7) is 7.63. The Bertz CT molecular complexity index is 543. The van der Waals surface area contributed by atoms with Gasteiger partial charge in [0.1, 0.15) is 0 Å². The van der Waals surface area contributed by atoms with Gasteiger partial charge in [0.2, 0.25) is 5.91 Å². The number of ether oxygens (including phenoxy) is 3. The lowest BCUT2D eigenvalue weighted by Crippen LogP contribution is -2.38. The van der Waals surface area contributed by atoms with E-state index in [0.717, 1.165) is 11.3 Å². The third-order valence-corrected chi connectivity index (χ3v) is 5.09. The molecule has 1 saturated heterocycles. The van der Waals surface area contributed by atoms with Crippen LogP contribution in [0.5, 0.6) is 0 Å². The Morgan fingerprint density at radius 3 is 2.17 bits per heavy atom. The number of carbonyl (C=O) groups excluding carboxylic acids is 2. The van der Waals surface area contributed by atoms with Gasteiger partial charge < -0.3 is 30.2 Å². The van der Waals surface area contributed by atoms with Gasteiger partial charge in [-0.3, -0.25) is 14.5 Å². The molecule has 1 aliphatic heterocycles. The molecule has 4 N–H and O–H groups in total. The number of nitrogens with zero attached hydrogens (tertiary/aromatic N) is 1. The summed E-state index contributed by atoms with van der Waals surface area (Å²) < 4.78 is 16.8. The van der Waals surface area contributed by atoms with Crippen LogP contribution in [0.3, 0.4) is 0 Å². The van der Waals surface area contributed by atoms with Gasteiger partial charge in [0.25, 0.3) is 5.91 Å². The lowest BCUT2D eigenvalue weighted by molar-refractivity contribution is -0.139. The highest BCUT2D eigenvalue weighted by atomic mass is 16.5. The van der Waals surface area contributed by atoms with Crippen molar-refractivity contribution in [1.82, 2.24) is 4.90 Å². The lowest BCUT2D eigenvalue weighted by Gasteiger charge is -2.32. The summed E-state index contributed by atoms with van der Waals surface area (Å²) in [5.41, 5.74) is 5.30. The Balaban J connectivity index is 2.38. The summed E-state index contributed by atoms with van der Waals surface area (Å²) in [6, 6.07) is 0. The number of rotatable bonds is 16. The highest BCUT2D eigenvalue weighted by molar-refractivity contribution is 6.12. The zero-order valence-electron chi connectivity index (χ0n) is 17.6. The number of β-amino-alcohol motifs (C(OH)–C–C–N with tert-alkyl or cyclic N) is 1. The first-order chi connectivity index (χ1) is 13.8. The average molecular weight is 417 g/mol. The van der Waals surface area contributed by atoms with Crippen molar-refractivity contribution in [2.24, 2.45) is 11.1 Å². The maximum Gasteiger partial charge on any atom is 0.256 e. The predicted molar refractivity (Wildman–Crippen MR) is 107 cm³/mol. The minimum absolute atomic E-state index is 0.0143. The third-order valence-electron chi connectivity index (χ3n) is 5.09. The number of aliphatic hydroxyl groups is 2. The minimum atomic E-state index is -0.860. The molecule has 0 aromatic heterocycles. The van der Waals surface area contributed by atoms with Crippen molar-refractivity contribution in [3.05, 3.63) is 12.2 Å². The van der Waals surface area contributed by atoms with Crippen molar-refractivity contribution in [3.8, 4) is 0 Å². The van der Waals surface area contributed by atoms with E-state index in [9.17, 15) is 19.8 Å². The molecule has 1 heterocycles. The number of carbonyl (C=O) groups is 2. The van der Waals surface area contributed by atoms with Gasteiger partial charge in [-0.1, -0.05) is 13.5 Å². The third kappa shape index (κ3) is 8.49. The number of hydrogen-bond donors (Lipinski definition) is 3. The summed E-state index contributed by atoms with van der Waals surface area (Å²) in [7, 11) is 1.62. The molecule has 0 aromatic rings. The minimum Gasteiger partial charge on any atom is -0.392 e. The standard InChI is InChI=1S/C20H36N2O7/c1-4-20(12-27-3,13-28-7-5-16(23)10-21)14-29-8-6-17(24)11-22-18(25)9-15(2)19(22)26/h16-17,23-24H,2,4-14,21H2,1,3H3. The molecule has 2 amide bonds. The van der Waals surface area contributed by atoms with Crippen LogP contribution in [0.4, 0.5) is 0 Å². The monoisotopic (exact) mass is 416 g/mol. The van der Waals surface area contributed by atoms with Crippen LogP contribution in [0.2, 0.25) is 0 Å². The quantitative estimate of drug-likeness (QED) is 0.180. The molecule has 0 bridgehead atoms. The predicted octanol–water partition coefficient (Wildman–Crippen LogP) is -0.162. The van der Waals surface area contributed by atoms with Crippen LogP contribution in [0.1, 0.15) is 32.6 Å². The summed E-state index contributed by atoms with van der Waals surface area (Å²) in [6.07, 6.45) is 0.109. The van der Waals surface area contributed by atoms with Crippen molar-refractivity contribution in [3.63, 3.8) is 0 Å². The number of amides is 2. The molecule has 0 aliphatic carbocycles. The first-order valence-electron chi connectivity index (χ1n) is 10.0. The van der Waals surface area contributed by atoms with Crippen LogP contribution in [-0.4, -0.2) is 92.4 Å². The number of hydrogen-bond acceptors (Lipinski definition) is 8. The van der Waals surface area contributed by atoms with Gasteiger partial charge >= 0.3 is 0 Å². The highest BCUT2D eigenvalue weighted by Crippen LogP contribution is 2.24. The topological polar surface area (TPSA) is 132 Å². The molecule has 1 rings (SSSR count). The first-order valence-corrected chi connectivity index (χ1v) is 10.0. The summed E-state index contributed by atoms with van der Waals surface area (Å²) in [5, 5.41) is 19.6. The van der Waals surface area contributed by atoms with Crippen molar-refractivity contribution < 1.29 is 34.0 Å². The molecule has 3 unspecified atom stereocenters. The molecule has 1 aliphatic rings. The van der Waals surface area contributed by atoms with E-state index in [0.29, 0.717) is 39.3 Å². The van der Waals surface area contributed by atoms with E-state index in [2.05, 4.69) is 6.58 Å². The molecular formula is C20H36N2O7. The van der Waals surface area contributed by atoms with Crippen molar-refractivity contribution >= 4 is 11.8 Å². The summed E-state index contributed by atoms with van der Waals surface area (Å²) >= 11 is 0. The number of nitrogens with two attached hydrogens (primary N) is 1. The largest absolute Gasteiger partial charge is 0.392 e. The van der Waals surface area contributed by atoms with E-state index in [-0.39, 0.29) is 43.0 Å². The molecule has 9 nitrogen and oxygen atoms in total. The fraction of sp³-hybridized carbons (Fsp3) is 0.800. The molecule has 0 spiro atoms. The van der Waals surface area contributed by atoms with Gasteiger partial charge in [0, 0.05) is 37.9 Å². The number of aliphatic hydroxyl groups excluding tert-OH is 2.